The maximum Gasteiger partial charge on any atom is 0.234 e. The molecule has 198 valence electrons. The number of hydrogen-bond donors (Lipinski definition) is 0. The predicted octanol–water partition coefficient (Wildman–Crippen LogP) is 9.43. The minimum atomic E-state index is 0.662. The molecule has 0 spiro atoms. The molecule has 42 heavy (non-hydrogen) atoms. The summed E-state index contributed by atoms with van der Waals surface area (Å²) < 4.78 is 2.16. The Morgan fingerprint density at radius 2 is 1.12 bits per heavy atom. The third-order valence-corrected chi connectivity index (χ3v) is 8.08. The van der Waals surface area contributed by atoms with E-state index in [9.17, 15) is 0 Å². The minimum Gasteiger partial charge on any atom is -0.278 e. The summed E-state index contributed by atoms with van der Waals surface area (Å²) in [6.07, 6.45) is 5.78. The molecule has 8 rings (SSSR count). The van der Waals surface area contributed by atoms with Crippen LogP contribution in [0.2, 0.25) is 0 Å². The van der Waals surface area contributed by atoms with Gasteiger partial charge in [0, 0.05) is 46.1 Å². The van der Waals surface area contributed by atoms with E-state index in [2.05, 4.69) is 127 Å². The summed E-state index contributed by atoms with van der Waals surface area (Å²) in [6, 6.07) is 42.4. The molecule has 0 bridgehead atoms. The molecule has 0 aliphatic rings. The van der Waals surface area contributed by atoms with Crippen molar-refractivity contribution >= 4 is 32.6 Å². The Bertz CT molecular complexity index is 2230. The van der Waals surface area contributed by atoms with E-state index in [0.29, 0.717) is 5.95 Å². The Kier molecular flexibility index (Phi) is 5.64. The van der Waals surface area contributed by atoms with Gasteiger partial charge in [-0.25, -0.2) is 9.97 Å². The van der Waals surface area contributed by atoms with Gasteiger partial charge in [-0.05, 0) is 52.6 Å². The Balaban J connectivity index is 1.14. The fourth-order valence-electron chi connectivity index (χ4n) is 6.03. The molecule has 4 nitrogen and oxygen atoms in total. The molecule has 0 fully saturated rings. The van der Waals surface area contributed by atoms with E-state index in [0.717, 1.165) is 44.5 Å². The second kappa shape index (κ2) is 9.79. The second-order valence-electron chi connectivity index (χ2n) is 10.6. The highest BCUT2D eigenvalue weighted by molar-refractivity contribution is 6.21. The molecule has 0 radical (unpaired) electrons. The average molecular weight is 539 g/mol. The first-order valence-corrected chi connectivity index (χ1v) is 14.1. The van der Waals surface area contributed by atoms with Crippen molar-refractivity contribution in [2.75, 3.05) is 0 Å². The van der Waals surface area contributed by atoms with E-state index in [1.165, 1.54) is 27.1 Å². The molecule has 0 saturated carbocycles. The lowest BCUT2D eigenvalue weighted by atomic mass is 10.00. The zero-order valence-electron chi connectivity index (χ0n) is 23.1. The number of pyridine rings is 1. The molecule has 0 amide bonds. The summed E-state index contributed by atoms with van der Waals surface area (Å²) in [6.45, 7) is 2.12. The van der Waals surface area contributed by atoms with Crippen LogP contribution >= 0.6 is 0 Å². The number of rotatable bonds is 4. The molecule has 8 aromatic rings. The molecule has 5 aromatic carbocycles. The highest BCUT2D eigenvalue weighted by Crippen LogP contribution is 2.36. The topological polar surface area (TPSA) is 43.6 Å². The number of aromatic nitrogens is 4. The Morgan fingerprint density at radius 3 is 1.90 bits per heavy atom. The van der Waals surface area contributed by atoms with Crippen LogP contribution in [-0.2, 0) is 0 Å². The van der Waals surface area contributed by atoms with Crippen LogP contribution in [0.3, 0.4) is 0 Å². The maximum atomic E-state index is 4.85. The third-order valence-electron chi connectivity index (χ3n) is 8.08. The van der Waals surface area contributed by atoms with Crippen molar-refractivity contribution in [3.63, 3.8) is 0 Å². The van der Waals surface area contributed by atoms with Gasteiger partial charge in [0.15, 0.2) is 0 Å². The van der Waals surface area contributed by atoms with Gasteiger partial charge in [-0.15, -0.1) is 0 Å². The summed E-state index contributed by atoms with van der Waals surface area (Å²) in [5, 5.41) is 4.90. The summed E-state index contributed by atoms with van der Waals surface area (Å²) >= 11 is 0. The highest BCUT2D eigenvalue weighted by Gasteiger charge is 2.16. The van der Waals surface area contributed by atoms with Gasteiger partial charge in [0.1, 0.15) is 0 Å². The number of fused-ring (bicyclic) bond motifs is 5. The number of aryl methyl sites for hydroxylation is 1. The lowest BCUT2D eigenvalue weighted by molar-refractivity contribution is 0.990. The second-order valence-corrected chi connectivity index (χ2v) is 10.6. The number of hydrogen-bond acceptors (Lipinski definition) is 3. The van der Waals surface area contributed by atoms with Crippen molar-refractivity contribution in [3.8, 4) is 39.5 Å². The van der Waals surface area contributed by atoms with Crippen molar-refractivity contribution in [2.45, 2.75) is 6.92 Å². The molecule has 3 aromatic heterocycles. The largest absolute Gasteiger partial charge is 0.278 e. The van der Waals surface area contributed by atoms with Crippen LogP contribution in [0.5, 0.6) is 0 Å². The Hall–Kier alpha value is -5.61. The van der Waals surface area contributed by atoms with E-state index in [1.807, 2.05) is 24.7 Å². The minimum absolute atomic E-state index is 0.662. The van der Waals surface area contributed by atoms with E-state index < -0.39 is 0 Å². The van der Waals surface area contributed by atoms with E-state index in [1.54, 1.807) is 0 Å². The lowest BCUT2D eigenvalue weighted by Crippen LogP contribution is -2.00. The van der Waals surface area contributed by atoms with Gasteiger partial charge in [0.25, 0.3) is 0 Å². The van der Waals surface area contributed by atoms with Gasteiger partial charge in [-0.1, -0.05) is 103 Å². The fraction of sp³-hybridized carbons (Fsp3) is 0.0263. The van der Waals surface area contributed by atoms with Crippen LogP contribution < -0.4 is 0 Å². The van der Waals surface area contributed by atoms with Crippen LogP contribution in [0, 0.1) is 6.92 Å². The Morgan fingerprint density at radius 1 is 0.476 bits per heavy atom. The monoisotopic (exact) mass is 538 g/mol. The number of nitrogens with zero attached hydrogens (tertiary/aromatic N) is 4. The van der Waals surface area contributed by atoms with Crippen LogP contribution in [0.4, 0.5) is 0 Å². The molecule has 0 aliphatic heterocycles. The molecule has 0 unspecified atom stereocenters. The fourth-order valence-corrected chi connectivity index (χ4v) is 6.03. The first-order valence-electron chi connectivity index (χ1n) is 14.1. The number of para-hydroxylation sites is 1. The van der Waals surface area contributed by atoms with Gasteiger partial charge in [-0.2, -0.15) is 0 Å². The molecule has 0 saturated heterocycles. The maximum absolute atomic E-state index is 4.85. The summed E-state index contributed by atoms with van der Waals surface area (Å²) in [4.78, 5) is 14.5. The SMILES string of the molecule is Cc1cc(-c2ccccc2)cnc1-c1ccc(-c2cnc(-n3c4ccccc4c4c5ccccc5ccc43)nc2)cc1. The van der Waals surface area contributed by atoms with Gasteiger partial charge >= 0.3 is 0 Å². The first-order chi connectivity index (χ1) is 20.7. The molecule has 4 heteroatoms. The van der Waals surface area contributed by atoms with Gasteiger partial charge in [0.2, 0.25) is 5.95 Å². The zero-order chi connectivity index (χ0) is 28.0. The standard InChI is InChI=1S/C38H26N4/c1-25-21-30(26-9-3-2-4-10-26)22-39-37(25)29-17-15-27(16-18-29)31-23-40-38(41-24-31)42-34-14-8-7-13-33(34)36-32-12-6-5-11-28(32)19-20-35(36)42/h2-24H,1H3. The molecule has 0 N–H and O–H groups in total. The normalized spacial score (nSPS) is 11.5. The van der Waals surface area contributed by atoms with Gasteiger partial charge in [-0.3, -0.25) is 9.55 Å². The molecular formula is C38H26N4. The van der Waals surface area contributed by atoms with E-state index in [4.69, 9.17) is 15.0 Å². The number of benzene rings is 5. The molecule has 0 aliphatic carbocycles. The Labute approximate surface area is 243 Å². The third kappa shape index (κ3) is 3.96. The zero-order valence-corrected chi connectivity index (χ0v) is 23.1. The van der Waals surface area contributed by atoms with Crippen LogP contribution in [0.1, 0.15) is 5.56 Å². The average Bonchev–Trinajstić information content (AvgIpc) is 3.40. The van der Waals surface area contributed by atoms with Crippen LogP contribution in [-0.4, -0.2) is 19.5 Å². The van der Waals surface area contributed by atoms with Crippen molar-refractivity contribution in [1.29, 1.82) is 0 Å². The smallest absolute Gasteiger partial charge is 0.234 e. The van der Waals surface area contributed by atoms with Gasteiger partial charge in [0.05, 0.1) is 16.7 Å². The molecule has 0 atom stereocenters. The van der Waals surface area contributed by atoms with Crippen molar-refractivity contribution in [2.24, 2.45) is 0 Å². The summed E-state index contributed by atoms with van der Waals surface area (Å²) in [5.74, 6) is 0.662. The summed E-state index contributed by atoms with van der Waals surface area (Å²) in [5.41, 5.74) is 9.77. The van der Waals surface area contributed by atoms with Crippen LogP contribution in [0.25, 0.3) is 72.0 Å². The lowest BCUT2D eigenvalue weighted by Gasteiger charge is -2.10. The van der Waals surface area contributed by atoms with Crippen molar-refractivity contribution in [1.82, 2.24) is 19.5 Å². The van der Waals surface area contributed by atoms with E-state index in [-0.39, 0.29) is 0 Å². The molecular weight excluding hydrogens is 512 g/mol. The predicted molar refractivity (Wildman–Crippen MR) is 173 cm³/mol. The van der Waals surface area contributed by atoms with Crippen molar-refractivity contribution in [3.05, 3.63) is 145 Å². The quantitative estimate of drug-likeness (QED) is 0.224. The molecule has 3 heterocycles. The van der Waals surface area contributed by atoms with Crippen LogP contribution in [0.15, 0.2) is 140 Å². The van der Waals surface area contributed by atoms with Gasteiger partial charge < -0.3 is 0 Å². The summed E-state index contributed by atoms with van der Waals surface area (Å²) in [7, 11) is 0. The first kappa shape index (κ1) is 24.2. The van der Waals surface area contributed by atoms with E-state index >= 15 is 0 Å². The van der Waals surface area contributed by atoms with Crippen molar-refractivity contribution < 1.29 is 0 Å². The highest BCUT2D eigenvalue weighted by atomic mass is 15.1.